The van der Waals surface area contributed by atoms with Crippen molar-refractivity contribution in [3.05, 3.63) is 52.8 Å². The minimum atomic E-state index is -2.90. The lowest BCUT2D eigenvalue weighted by atomic mass is 9.52. The second-order valence-corrected chi connectivity index (χ2v) is 14.3. The fourth-order valence-corrected chi connectivity index (χ4v) is 7.91. The molecule has 5 N–H and O–H groups in total. The number of halogens is 1. The lowest BCUT2D eigenvalue weighted by Gasteiger charge is -2.52. The minimum absolute atomic E-state index is 0.00297. The number of anilines is 2. The van der Waals surface area contributed by atoms with Crippen molar-refractivity contribution in [3.8, 4) is 5.75 Å². The average molecular weight is 768 g/mol. The standard InChI is InChI=1S/C37H42FN5O12/c1-6-11-43(36(52)55-16-54-35(51)17-7-9-19(38)10-8-17)15-24(44)40-22-14-23(41(2)3)20-12-18-13-21-28(42(4)5)31(47)27(34(39)50)33(49)37(21,53)32(48)25(18)30(46)26(20)29(22)45/h7-10,14,18,21,25,27-28,45,53H,6,11-13,15-16H2,1-5H3,(H2,39,50)(H,40,44)/t18-,21-,25?,27?,28-,37-/m0/s1. The Kier molecular flexibility index (Phi) is 11.4. The average Bonchev–Trinajstić information content (AvgIpc) is 3.10. The highest BCUT2D eigenvalue weighted by atomic mass is 19.1. The first kappa shape index (κ1) is 40.4. The molecule has 0 saturated heterocycles. The first-order valence-electron chi connectivity index (χ1n) is 17.4. The third-order valence-corrected chi connectivity index (χ3v) is 10.3. The topological polar surface area (TPSA) is 243 Å². The number of ether oxygens (including phenoxy) is 2. The molecule has 2 aromatic carbocycles. The van der Waals surface area contributed by atoms with Crippen molar-refractivity contribution in [1.29, 1.82) is 0 Å². The summed E-state index contributed by atoms with van der Waals surface area (Å²) in [5.74, 6) is -14.6. The summed E-state index contributed by atoms with van der Waals surface area (Å²) in [4.78, 5) is 110. The number of benzene rings is 2. The molecule has 55 heavy (non-hydrogen) atoms. The summed E-state index contributed by atoms with van der Waals surface area (Å²) >= 11 is 0. The van der Waals surface area contributed by atoms with E-state index in [1.807, 2.05) is 0 Å². The molecule has 5 rings (SSSR count). The molecule has 3 aliphatic carbocycles. The van der Waals surface area contributed by atoms with E-state index in [0.717, 1.165) is 17.0 Å². The molecule has 0 aliphatic heterocycles. The number of nitrogens with zero attached hydrogens (tertiary/aromatic N) is 3. The molecule has 2 aromatic rings. The van der Waals surface area contributed by atoms with Crippen molar-refractivity contribution >= 4 is 58.4 Å². The van der Waals surface area contributed by atoms with Crippen LogP contribution in [0.25, 0.3) is 0 Å². The fourth-order valence-electron chi connectivity index (χ4n) is 7.91. The van der Waals surface area contributed by atoms with Crippen LogP contribution in [-0.2, 0) is 39.9 Å². The van der Waals surface area contributed by atoms with Crippen molar-refractivity contribution in [2.75, 3.05) is 58.3 Å². The lowest BCUT2D eigenvalue weighted by molar-refractivity contribution is -0.181. The van der Waals surface area contributed by atoms with Gasteiger partial charge in [0.25, 0.3) is 0 Å². The highest BCUT2D eigenvalue weighted by Gasteiger charge is 2.69. The van der Waals surface area contributed by atoms with E-state index < -0.39 is 107 Å². The van der Waals surface area contributed by atoms with Crippen LogP contribution >= 0.6 is 0 Å². The maximum Gasteiger partial charge on any atom is 0.413 e. The highest BCUT2D eigenvalue weighted by Crippen LogP contribution is 2.52. The fraction of sp³-hybridized carbons (Fsp3) is 0.459. The lowest BCUT2D eigenvalue weighted by Crippen LogP contribution is -2.74. The summed E-state index contributed by atoms with van der Waals surface area (Å²) in [7, 11) is 6.27. The van der Waals surface area contributed by atoms with Gasteiger partial charge in [-0.1, -0.05) is 6.92 Å². The number of hydrogen-bond donors (Lipinski definition) is 4. The molecule has 0 heterocycles. The normalized spacial score (nSPS) is 24.3. The molecule has 6 atom stereocenters. The smallest absolute Gasteiger partial charge is 0.413 e. The van der Waals surface area contributed by atoms with Gasteiger partial charge in [-0.15, -0.1) is 0 Å². The van der Waals surface area contributed by atoms with E-state index in [0.29, 0.717) is 17.7 Å². The Morgan fingerprint density at radius 1 is 1.02 bits per heavy atom. The van der Waals surface area contributed by atoms with E-state index in [2.05, 4.69) is 5.32 Å². The van der Waals surface area contributed by atoms with Gasteiger partial charge in [0.1, 0.15) is 18.1 Å². The Balaban J connectivity index is 1.39. The van der Waals surface area contributed by atoms with E-state index in [4.69, 9.17) is 15.2 Å². The molecule has 2 saturated carbocycles. The maximum absolute atomic E-state index is 14.3. The Hall–Kier alpha value is -5.75. The summed E-state index contributed by atoms with van der Waals surface area (Å²) in [5.41, 5.74) is 2.61. The Bertz CT molecular complexity index is 1970. The Morgan fingerprint density at radius 3 is 2.25 bits per heavy atom. The van der Waals surface area contributed by atoms with E-state index in [1.54, 1.807) is 25.9 Å². The first-order chi connectivity index (χ1) is 25.8. The van der Waals surface area contributed by atoms with Gasteiger partial charge in [-0.05, 0) is 75.2 Å². The first-order valence-corrected chi connectivity index (χ1v) is 17.4. The van der Waals surface area contributed by atoms with Gasteiger partial charge in [0, 0.05) is 32.2 Å². The van der Waals surface area contributed by atoms with E-state index in [9.17, 15) is 53.0 Å². The molecular formula is C37H42FN5O12. The van der Waals surface area contributed by atoms with E-state index >= 15 is 0 Å². The number of nitrogens with two attached hydrogens (primary N) is 1. The number of carbonyl (C=O) groups excluding carboxylic acids is 8. The number of amides is 3. The molecule has 17 nitrogen and oxygen atoms in total. The molecule has 2 fully saturated rings. The number of aromatic hydroxyl groups is 1. The van der Waals surface area contributed by atoms with Crippen LogP contribution < -0.4 is 16.0 Å². The Labute approximate surface area is 314 Å². The molecule has 3 amide bonds. The van der Waals surface area contributed by atoms with Crippen LogP contribution in [0.5, 0.6) is 5.75 Å². The van der Waals surface area contributed by atoms with Crippen molar-refractivity contribution < 1.29 is 62.4 Å². The predicted octanol–water partition coefficient (Wildman–Crippen LogP) is 0.674. The minimum Gasteiger partial charge on any atom is -0.505 e. The van der Waals surface area contributed by atoms with Crippen LogP contribution in [0.4, 0.5) is 20.6 Å². The van der Waals surface area contributed by atoms with Crippen molar-refractivity contribution in [3.63, 3.8) is 0 Å². The van der Waals surface area contributed by atoms with Gasteiger partial charge in [0.2, 0.25) is 18.6 Å². The summed E-state index contributed by atoms with van der Waals surface area (Å²) in [6, 6.07) is 4.64. The van der Waals surface area contributed by atoms with Crippen LogP contribution in [0.1, 0.15) is 46.0 Å². The van der Waals surface area contributed by atoms with Gasteiger partial charge in [-0.25, -0.2) is 14.0 Å². The third-order valence-electron chi connectivity index (χ3n) is 10.3. The highest BCUT2D eigenvalue weighted by molar-refractivity contribution is 6.32. The zero-order chi connectivity index (χ0) is 40.7. The molecule has 2 unspecified atom stereocenters. The molecule has 0 bridgehead atoms. The number of carbonyl (C=O) groups is 8. The number of hydrogen-bond acceptors (Lipinski definition) is 14. The number of ketones is 4. The monoisotopic (exact) mass is 767 g/mol. The number of likely N-dealkylation sites (N-methyl/N-ethyl adjacent to an activating group) is 1. The van der Waals surface area contributed by atoms with Crippen molar-refractivity contribution in [2.24, 2.45) is 29.4 Å². The quantitative estimate of drug-likeness (QED) is 0.106. The summed E-state index contributed by atoms with van der Waals surface area (Å²) < 4.78 is 23.1. The van der Waals surface area contributed by atoms with Gasteiger partial charge in [0.05, 0.1) is 28.8 Å². The zero-order valence-corrected chi connectivity index (χ0v) is 30.8. The van der Waals surface area contributed by atoms with Crippen LogP contribution in [-0.4, -0.2) is 127 Å². The second-order valence-electron chi connectivity index (χ2n) is 14.3. The van der Waals surface area contributed by atoms with Crippen LogP contribution in [0, 0.1) is 29.5 Å². The molecule has 3 aliphatic rings. The molecule has 0 radical (unpaired) electrons. The summed E-state index contributed by atoms with van der Waals surface area (Å²) in [6.45, 7) is 0.338. The predicted molar refractivity (Wildman–Crippen MR) is 189 cm³/mol. The van der Waals surface area contributed by atoms with Crippen molar-refractivity contribution in [1.82, 2.24) is 9.80 Å². The van der Waals surface area contributed by atoms with Crippen LogP contribution in [0.2, 0.25) is 0 Å². The molecule has 0 spiro atoms. The molecule has 18 heteroatoms. The van der Waals surface area contributed by atoms with E-state index in [-0.39, 0.29) is 36.2 Å². The number of aliphatic hydroxyl groups is 1. The van der Waals surface area contributed by atoms with Gasteiger partial charge < -0.3 is 35.6 Å². The van der Waals surface area contributed by atoms with Gasteiger partial charge >= 0.3 is 12.1 Å². The number of Topliss-reactive ketones (excluding diaryl/α,β-unsaturated/α-hetero) is 4. The van der Waals surface area contributed by atoms with Crippen LogP contribution in [0.3, 0.4) is 0 Å². The van der Waals surface area contributed by atoms with E-state index in [1.165, 1.54) is 37.2 Å². The number of esters is 1. The molecule has 294 valence electrons. The molecule has 0 aromatic heterocycles. The number of primary amides is 1. The number of nitrogens with one attached hydrogen (secondary N) is 1. The zero-order valence-electron chi connectivity index (χ0n) is 30.8. The largest absolute Gasteiger partial charge is 0.505 e. The maximum atomic E-state index is 14.3. The second kappa shape index (κ2) is 15.5. The number of phenols is 1. The van der Waals surface area contributed by atoms with Gasteiger partial charge in [-0.3, -0.25) is 38.6 Å². The van der Waals surface area contributed by atoms with Gasteiger partial charge in [0.15, 0.2) is 34.7 Å². The Morgan fingerprint density at radius 2 is 1.67 bits per heavy atom. The van der Waals surface area contributed by atoms with Gasteiger partial charge in [-0.2, -0.15) is 0 Å². The summed E-state index contributed by atoms with van der Waals surface area (Å²) in [5, 5.41) is 25.8. The number of phenolic OH excluding ortho intramolecular Hbond substituents is 1. The number of fused-ring (bicyclic) bond motifs is 3. The SMILES string of the molecule is CCCN(CC(=O)Nc1cc(N(C)C)c2c(c1O)C(=O)C1C(=O)[C@]3(O)C(=O)C(C(N)=O)C(=O)[C@@H](N(C)C)[C@@H]3C[C@@H]1C2)C(=O)OCOC(=O)c1ccc(F)cc1. The molecular weight excluding hydrogens is 725 g/mol. The number of rotatable bonds is 11. The van der Waals surface area contributed by atoms with Crippen LogP contribution in [0.15, 0.2) is 30.3 Å². The summed E-state index contributed by atoms with van der Waals surface area (Å²) in [6.07, 6.45) is -0.764. The van der Waals surface area contributed by atoms with Crippen molar-refractivity contribution in [2.45, 2.75) is 37.8 Å². The third kappa shape index (κ3) is 7.26.